The molecule has 3 amide bonds. The maximum absolute atomic E-state index is 12.4. The van der Waals surface area contributed by atoms with Gasteiger partial charge in [0.2, 0.25) is 0 Å². The molecule has 1 aromatic heterocycles. The lowest BCUT2D eigenvalue weighted by Gasteiger charge is -2.32. The molecule has 1 aromatic carbocycles. The minimum absolute atomic E-state index is 0.146. The summed E-state index contributed by atoms with van der Waals surface area (Å²) in [5.74, 6) is 4.71. The number of hydrogen-bond donors (Lipinski definition) is 3. The number of morpholine rings is 1. The van der Waals surface area contributed by atoms with E-state index in [9.17, 15) is 9.59 Å². The van der Waals surface area contributed by atoms with Crippen molar-refractivity contribution in [1.29, 1.82) is 0 Å². The summed E-state index contributed by atoms with van der Waals surface area (Å²) in [6.07, 6.45) is 1.88. The van der Waals surface area contributed by atoms with Crippen LogP contribution in [0.2, 0.25) is 0 Å². The summed E-state index contributed by atoms with van der Waals surface area (Å²) in [6.45, 7) is 1.49. The number of aromatic nitrogens is 1. The summed E-state index contributed by atoms with van der Waals surface area (Å²) in [4.78, 5) is 29.8. The van der Waals surface area contributed by atoms with Gasteiger partial charge in [0.05, 0.1) is 18.3 Å². The quantitative estimate of drug-likeness (QED) is 0.433. The normalized spacial score (nSPS) is 16.8. The molecule has 1 aliphatic rings. The number of rotatable bonds is 4. The molecule has 0 saturated carbocycles. The number of nitrogen functional groups attached to an aromatic ring is 1. The van der Waals surface area contributed by atoms with Gasteiger partial charge in [-0.1, -0.05) is 18.2 Å². The lowest BCUT2D eigenvalue weighted by Crippen LogP contribution is -2.48. The number of pyridine rings is 1. The first kappa shape index (κ1) is 17.8. The molecule has 0 aliphatic carbocycles. The van der Waals surface area contributed by atoms with E-state index in [0.29, 0.717) is 31.7 Å². The highest BCUT2D eigenvalue weighted by atomic mass is 16.5. The smallest absolute Gasteiger partial charge is 0.322 e. The van der Waals surface area contributed by atoms with Gasteiger partial charge in [-0.05, 0) is 24.3 Å². The molecule has 1 saturated heterocycles. The molecule has 136 valence electrons. The number of amides is 3. The minimum Gasteiger partial charge on any atom is -0.374 e. The molecular weight excluding hydrogens is 334 g/mol. The minimum atomic E-state index is -0.387. The Labute approximate surface area is 151 Å². The molecule has 1 aliphatic heterocycles. The van der Waals surface area contributed by atoms with Crippen LogP contribution in [0.4, 0.5) is 10.5 Å². The molecule has 1 atom stereocenters. The number of benzene rings is 1. The fourth-order valence-electron chi connectivity index (χ4n) is 2.75. The molecule has 1 unspecified atom stereocenters. The van der Waals surface area contributed by atoms with Gasteiger partial charge in [0.15, 0.2) is 0 Å². The molecule has 8 heteroatoms. The highest BCUT2D eigenvalue weighted by molar-refractivity contribution is 5.93. The molecule has 0 bridgehead atoms. The van der Waals surface area contributed by atoms with Crippen LogP contribution in [0.5, 0.6) is 0 Å². The van der Waals surface area contributed by atoms with Gasteiger partial charge in [-0.2, -0.15) is 0 Å². The molecule has 1 fully saturated rings. The topological polar surface area (TPSA) is 110 Å². The standard InChI is InChI=1S/C18H21N5O3/c19-22-17(24)13-6-7-15(20-11-13)10-16-12-23(8-9-26-16)18(25)21-14-4-2-1-3-5-14/h1-7,11,16H,8-10,12,19H2,(H,21,25)(H,22,24). The zero-order valence-corrected chi connectivity index (χ0v) is 14.2. The first-order valence-electron chi connectivity index (χ1n) is 8.34. The molecule has 0 spiro atoms. The Bertz CT molecular complexity index is 751. The molecule has 0 radical (unpaired) electrons. The van der Waals surface area contributed by atoms with Crippen LogP contribution in [0.25, 0.3) is 0 Å². The molecule has 2 aromatic rings. The molecular formula is C18H21N5O3. The number of para-hydroxylation sites is 1. The van der Waals surface area contributed by atoms with Crippen LogP contribution >= 0.6 is 0 Å². The number of nitrogens with one attached hydrogen (secondary N) is 2. The van der Waals surface area contributed by atoms with Gasteiger partial charge in [-0.25, -0.2) is 10.6 Å². The van der Waals surface area contributed by atoms with Crippen LogP contribution in [0.15, 0.2) is 48.7 Å². The largest absolute Gasteiger partial charge is 0.374 e. The van der Waals surface area contributed by atoms with Crippen LogP contribution in [0, 0.1) is 0 Å². The third kappa shape index (κ3) is 4.56. The molecule has 4 N–H and O–H groups in total. The van der Waals surface area contributed by atoms with Gasteiger partial charge in [0.25, 0.3) is 5.91 Å². The highest BCUT2D eigenvalue weighted by Gasteiger charge is 2.25. The van der Waals surface area contributed by atoms with E-state index in [-0.39, 0.29) is 18.0 Å². The number of ether oxygens (including phenoxy) is 1. The van der Waals surface area contributed by atoms with Crippen molar-refractivity contribution in [3.05, 3.63) is 59.9 Å². The van der Waals surface area contributed by atoms with Gasteiger partial charge >= 0.3 is 6.03 Å². The SMILES string of the molecule is NNC(=O)c1ccc(CC2CN(C(=O)Nc3ccccc3)CCO2)nc1. The van der Waals surface area contributed by atoms with Crippen molar-refractivity contribution in [3.8, 4) is 0 Å². The Morgan fingerprint density at radius 1 is 1.23 bits per heavy atom. The van der Waals surface area contributed by atoms with E-state index in [4.69, 9.17) is 10.6 Å². The van der Waals surface area contributed by atoms with Gasteiger partial charge < -0.3 is 15.0 Å². The second-order valence-corrected chi connectivity index (χ2v) is 5.95. The van der Waals surface area contributed by atoms with Crippen LogP contribution in [-0.4, -0.2) is 47.6 Å². The third-order valence-electron chi connectivity index (χ3n) is 4.11. The summed E-state index contributed by atoms with van der Waals surface area (Å²) in [7, 11) is 0. The number of nitrogens with zero attached hydrogens (tertiary/aromatic N) is 2. The number of hydrogen-bond acceptors (Lipinski definition) is 5. The lowest BCUT2D eigenvalue weighted by atomic mass is 10.1. The van der Waals surface area contributed by atoms with Crippen molar-refractivity contribution in [3.63, 3.8) is 0 Å². The summed E-state index contributed by atoms with van der Waals surface area (Å²) in [6, 6.07) is 12.6. The average Bonchev–Trinajstić information content (AvgIpc) is 2.69. The van der Waals surface area contributed by atoms with Gasteiger partial charge in [-0.3, -0.25) is 15.2 Å². The number of hydrazine groups is 1. The Hall–Kier alpha value is -2.97. The van der Waals surface area contributed by atoms with Gasteiger partial charge in [0.1, 0.15) is 0 Å². The molecule has 26 heavy (non-hydrogen) atoms. The summed E-state index contributed by atoms with van der Waals surface area (Å²) in [5.41, 5.74) is 4.00. The van der Waals surface area contributed by atoms with Gasteiger partial charge in [0, 0.05) is 37.1 Å². The van der Waals surface area contributed by atoms with Crippen LogP contribution < -0.4 is 16.6 Å². The average molecular weight is 355 g/mol. The molecule has 2 heterocycles. The second kappa shape index (κ2) is 8.41. The number of carbonyl (C=O) groups excluding carboxylic acids is 2. The number of carbonyl (C=O) groups is 2. The van der Waals surface area contributed by atoms with Crippen LogP contribution in [0.1, 0.15) is 16.1 Å². The first-order chi connectivity index (χ1) is 12.7. The fraction of sp³-hybridized carbons (Fsp3) is 0.278. The van der Waals surface area contributed by atoms with E-state index in [1.165, 1.54) is 6.20 Å². The van der Waals surface area contributed by atoms with E-state index in [2.05, 4.69) is 15.7 Å². The van der Waals surface area contributed by atoms with Crippen molar-refractivity contribution in [1.82, 2.24) is 15.3 Å². The Kier molecular flexibility index (Phi) is 5.77. The summed E-state index contributed by atoms with van der Waals surface area (Å²) >= 11 is 0. The van der Waals surface area contributed by atoms with E-state index in [1.54, 1.807) is 17.0 Å². The summed E-state index contributed by atoms with van der Waals surface area (Å²) in [5, 5.41) is 2.88. The number of urea groups is 1. The van der Waals surface area contributed by atoms with Crippen LogP contribution in [0.3, 0.4) is 0 Å². The molecule has 8 nitrogen and oxygen atoms in total. The Morgan fingerprint density at radius 3 is 2.73 bits per heavy atom. The number of anilines is 1. The van der Waals surface area contributed by atoms with E-state index in [1.807, 2.05) is 30.3 Å². The monoisotopic (exact) mass is 355 g/mol. The van der Waals surface area contributed by atoms with Crippen molar-refractivity contribution < 1.29 is 14.3 Å². The zero-order valence-electron chi connectivity index (χ0n) is 14.2. The fourth-order valence-corrected chi connectivity index (χ4v) is 2.75. The maximum Gasteiger partial charge on any atom is 0.322 e. The highest BCUT2D eigenvalue weighted by Crippen LogP contribution is 2.13. The van der Waals surface area contributed by atoms with Gasteiger partial charge in [-0.15, -0.1) is 0 Å². The predicted molar refractivity (Wildman–Crippen MR) is 96.4 cm³/mol. The number of nitrogens with two attached hydrogens (primary N) is 1. The van der Waals surface area contributed by atoms with Crippen molar-refractivity contribution in [2.75, 3.05) is 25.0 Å². The lowest BCUT2D eigenvalue weighted by molar-refractivity contribution is -0.0118. The Morgan fingerprint density at radius 2 is 2.04 bits per heavy atom. The van der Waals surface area contributed by atoms with Crippen LogP contribution in [-0.2, 0) is 11.2 Å². The zero-order chi connectivity index (χ0) is 18.4. The predicted octanol–water partition coefficient (Wildman–Crippen LogP) is 1.16. The second-order valence-electron chi connectivity index (χ2n) is 5.95. The first-order valence-corrected chi connectivity index (χ1v) is 8.34. The van der Waals surface area contributed by atoms with E-state index in [0.717, 1.165) is 11.4 Å². The van der Waals surface area contributed by atoms with Crippen molar-refractivity contribution in [2.45, 2.75) is 12.5 Å². The maximum atomic E-state index is 12.4. The molecule has 3 rings (SSSR count). The Balaban J connectivity index is 1.56. The summed E-state index contributed by atoms with van der Waals surface area (Å²) < 4.78 is 5.75. The van der Waals surface area contributed by atoms with E-state index >= 15 is 0 Å². The van der Waals surface area contributed by atoms with Crippen molar-refractivity contribution in [2.24, 2.45) is 5.84 Å². The third-order valence-corrected chi connectivity index (χ3v) is 4.11. The van der Waals surface area contributed by atoms with Crippen molar-refractivity contribution >= 4 is 17.6 Å². The van der Waals surface area contributed by atoms with E-state index < -0.39 is 0 Å².